The van der Waals surface area contributed by atoms with Crippen molar-refractivity contribution in [2.24, 2.45) is 0 Å². The van der Waals surface area contributed by atoms with Gasteiger partial charge in [0, 0.05) is 13.7 Å². The Labute approximate surface area is 74.5 Å². The lowest BCUT2D eigenvalue weighted by molar-refractivity contribution is 0.818. The molecule has 0 amide bonds. The maximum absolute atomic E-state index is 4.42. The highest BCUT2D eigenvalue weighted by Gasteiger charge is 2.11. The summed E-state index contributed by atoms with van der Waals surface area (Å²) in [6, 6.07) is 2.19. The number of hydrogen-bond donors (Lipinski definition) is 1. The number of nitrogens with one attached hydrogen (secondary N) is 1. The van der Waals surface area contributed by atoms with E-state index in [1.54, 1.807) is 0 Å². The van der Waals surface area contributed by atoms with Crippen molar-refractivity contribution in [3.8, 4) is 0 Å². The van der Waals surface area contributed by atoms with E-state index >= 15 is 0 Å². The molecule has 2 heterocycles. The zero-order valence-electron chi connectivity index (χ0n) is 7.65. The molecule has 2 rings (SSSR count). The van der Waals surface area contributed by atoms with Crippen LogP contribution in [0.2, 0.25) is 0 Å². The molecule has 0 atom stereocenters. The Kier molecular flexibility index (Phi) is 1.75. The number of anilines is 1. The summed E-state index contributed by atoms with van der Waals surface area (Å²) in [4.78, 5) is 4.42. The molecule has 2 heteroatoms. The zero-order valence-corrected chi connectivity index (χ0v) is 7.65. The SMILES string of the molecule is Cc1cc2c(c(C)n1)NCCC2.[HH]. The van der Waals surface area contributed by atoms with Gasteiger partial charge >= 0.3 is 0 Å². The van der Waals surface area contributed by atoms with E-state index in [1.807, 2.05) is 0 Å². The third-order valence-electron chi connectivity index (χ3n) is 2.33. The first-order chi connectivity index (χ1) is 5.77. The molecule has 2 nitrogen and oxygen atoms in total. The summed E-state index contributed by atoms with van der Waals surface area (Å²) in [5, 5.41) is 3.40. The van der Waals surface area contributed by atoms with Gasteiger partial charge in [0.1, 0.15) is 0 Å². The van der Waals surface area contributed by atoms with Crippen LogP contribution in [0.4, 0.5) is 5.69 Å². The molecule has 0 aromatic carbocycles. The molecule has 0 unspecified atom stereocenters. The average molecular weight is 164 g/mol. The third-order valence-corrected chi connectivity index (χ3v) is 2.33. The number of aromatic nitrogens is 1. The van der Waals surface area contributed by atoms with E-state index < -0.39 is 0 Å². The first kappa shape index (κ1) is 7.59. The summed E-state index contributed by atoms with van der Waals surface area (Å²) >= 11 is 0. The van der Waals surface area contributed by atoms with E-state index in [1.165, 1.54) is 24.1 Å². The highest BCUT2D eigenvalue weighted by molar-refractivity contribution is 5.56. The fraction of sp³-hybridized carbons (Fsp3) is 0.500. The van der Waals surface area contributed by atoms with Gasteiger partial charge in [0.05, 0.1) is 11.4 Å². The molecule has 0 aliphatic carbocycles. The first-order valence-electron chi connectivity index (χ1n) is 4.48. The Hall–Kier alpha value is -1.05. The third kappa shape index (κ3) is 1.17. The minimum Gasteiger partial charge on any atom is -0.383 e. The van der Waals surface area contributed by atoms with Gasteiger partial charge in [0.15, 0.2) is 0 Å². The van der Waals surface area contributed by atoms with Crippen LogP contribution in [-0.2, 0) is 6.42 Å². The van der Waals surface area contributed by atoms with Gasteiger partial charge in [-0.25, -0.2) is 0 Å². The van der Waals surface area contributed by atoms with Crippen molar-refractivity contribution in [2.75, 3.05) is 11.9 Å². The second-order valence-corrected chi connectivity index (χ2v) is 3.41. The molecular weight excluding hydrogens is 148 g/mol. The molecule has 0 spiro atoms. The minimum absolute atomic E-state index is 0. The molecule has 1 aliphatic heterocycles. The van der Waals surface area contributed by atoms with E-state index in [9.17, 15) is 0 Å². The minimum atomic E-state index is 0. The number of fused-ring (bicyclic) bond motifs is 1. The molecule has 1 aromatic heterocycles. The van der Waals surface area contributed by atoms with Crippen LogP contribution in [0.1, 0.15) is 24.8 Å². The molecule has 0 saturated carbocycles. The van der Waals surface area contributed by atoms with Crippen LogP contribution in [0.3, 0.4) is 0 Å². The van der Waals surface area contributed by atoms with Crippen molar-refractivity contribution in [2.45, 2.75) is 26.7 Å². The van der Waals surface area contributed by atoms with E-state index in [-0.39, 0.29) is 1.43 Å². The summed E-state index contributed by atoms with van der Waals surface area (Å²) in [7, 11) is 0. The molecule has 1 N–H and O–H groups in total. The fourth-order valence-electron chi connectivity index (χ4n) is 1.84. The van der Waals surface area contributed by atoms with Crippen molar-refractivity contribution in [3.05, 3.63) is 23.0 Å². The van der Waals surface area contributed by atoms with Crippen molar-refractivity contribution >= 4 is 5.69 Å². The molecule has 1 aliphatic rings. The smallest absolute Gasteiger partial charge is 0.0609 e. The largest absolute Gasteiger partial charge is 0.383 e. The Morgan fingerprint density at radius 3 is 3.17 bits per heavy atom. The lowest BCUT2D eigenvalue weighted by atomic mass is 10.0. The van der Waals surface area contributed by atoms with E-state index in [0.29, 0.717) is 0 Å². The van der Waals surface area contributed by atoms with Crippen LogP contribution >= 0.6 is 0 Å². The number of pyridine rings is 1. The fourth-order valence-corrected chi connectivity index (χ4v) is 1.84. The van der Waals surface area contributed by atoms with Crippen LogP contribution in [0.5, 0.6) is 0 Å². The number of rotatable bonds is 0. The monoisotopic (exact) mass is 164 g/mol. The Balaban J connectivity index is 0.000000845. The van der Waals surface area contributed by atoms with Crippen molar-refractivity contribution in [1.82, 2.24) is 4.98 Å². The van der Waals surface area contributed by atoms with Crippen LogP contribution in [0.25, 0.3) is 0 Å². The number of hydrogen-bond acceptors (Lipinski definition) is 2. The summed E-state index contributed by atoms with van der Waals surface area (Å²) in [5.74, 6) is 0. The predicted octanol–water partition coefficient (Wildman–Crippen LogP) is 2.30. The maximum Gasteiger partial charge on any atom is 0.0609 e. The van der Waals surface area contributed by atoms with Gasteiger partial charge in [-0.1, -0.05) is 0 Å². The van der Waals surface area contributed by atoms with Gasteiger partial charge in [0.25, 0.3) is 0 Å². The van der Waals surface area contributed by atoms with Gasteiger partial charge < -0.3 is 5.32 Å². The summed E-state index contributed by atoms with van der Waals surface area (Å²) < 4.78 is 0. The molecule has 0 radical (unpaired) electrons. The van der Waals surface area contributed by atoms with Gasteiger partial charge in [-0.3, -0.25) is 4.98 Å². The molecule has 12 heavy (non-hydrogen) atoms. The molecular formula is C10H16N2. The van der Waals surface area contributed by atoms with Crippen LogP contribution in [0.15, 0.2) is 6.07 Å². The van der Waals surface area contributed by atoms with Crippen LogP contribution in [0, 0.1) is 13.8 Å². The van der Waals surface area contributed by atoms with Gasteiger partial charge in [-0.05, 0) is 38.3 Å². The molecule has 1 aromatic rings. The number of aryl methyl sites for hydroxylation is 3. The molecule has 0 saturated heterocycles. The van der Waals surface area contributed by atoms with Gasteiger partial charge in [0.2, 0.25) is 0 Å². The summed E-state index contributed by atoms with van der Waals surface area (Å²) in [6.45, 7) is 5.23. The quantitative estimate of drug-likeness (QED) is 0.636. The molecule has 0 fully saturated rings. The zero-order chi connectivity index (χ0) is 8.55. The first-order valence-corrected chi connectivity index (χ1v) is 4.48. The highest BCUT2D eigenvalue weighted by atomic mass is 14.9. The normalized spacial score (nSPS) is 15.2. The van der Waals surface area contributed by atoms with Crippen molar-refractivity contribution < 1.29 is 1.43 Å². The Bertz CT molecular complexity index is 310. The topological polar surface area (TPSA) is 24.9 Å². The van der Waals surface area contributed by atoms with Crippen LogP contribution < -0.4 is 5.32 Å². The molecule has 66 valence electrons. The average Bonchev–Trinajstić information content (AvgIpc) is 2.04. The van der Waals surface area contributed by atoms with Crippen molar-refractivity contribution in [1.29, 1.82) is 0 Å². The highest BCUT2D eigenvalue weighted by Crippen LogP contribution is 2.24. The van der Waals surface area contributed by atoms with Gasteiger partial charge in [-0.2, -0.15) is 0 Å². The second kappa shape index (κ2) is 2.77. The standard InChI is InChI=1S/C10H14N2.H2/c1-7-6-9-4-3-5-11-10(9)8(2)12-7;/h6,11H,3-5H2,1-2H3;1H. The Morgan fingerprint density at radius 2 is 2.33 bits per heavy atom. The summed E-state index contributed by atoms with van der Waals surface area (Å²) in [5.41, 5.74) is 4.98. The predicted molar refractivity (Wildman–Crippen MR) is 52.6 cm³/mol. The van der Waals surface area contributed by atoms with Gasteiger partial charge in [-0.15, -0.1) is 0 Å². The van der Waals surface area contributed by atoms with Crippen LogP contribution in [-0.4, -0.2) is 11.5 Å². The van der Waals surface area contributed by atoms with Crippen molar-refractivity contribution in [3.63, 3.8) is 0 Å². The maximum atomic E-state index is 4.42. The Morgan fingerprint density at radius 1 is 1.50 bits per heavy atom. The second-order valence-electron chi connectivity index (χ2n) is 3.41. The lowest BCUT2D eigenvalue weighted by Crippen LogP contribution is -2.14. The number of nitrogens with zero attached hydrogens (tertiary/aromatic N) is 1. The summed E-state index contributed by atoms with van der Waals surface area (Å²) in [6.07, 6.45) is 2.45. The van der Waals surface area contributed by atoms with E-state index in [4.69, 9.17) is 0 Å². The van der Waals surface area contributed by atoms with E-state index in [2.05, 4.69) is 30.2 Å². The lowest BCUT2D eigenvalue weighted by Gasteiger charge is -2.19. The van der Waals surface area contributed by atoms with E-state index in [0.717, 1.165) is 17.9 Å². The molecule has 0 bridgehead atoms.